The Bertz CT molecular complexity index is 541. The monoisotopic (exact) mass is 472 g/mol. The van der Waals surface area contributed by atoms with Gasteiger partial charge in [-0.15, -0.1) is 0 Å². The van der Waals surface area contributed by atoms with Crippen LogP contribution in [0.2, 0.25) is 0 Å². The summed E-state index contributed by atoms with van der Waals surface area (Å²) in [5.41, 5.74) is 1.22. The number of unbranched alkanes of at least 4 members (excludes halogenated alkanes) is 4. The zero-order chi connectivity index (χ0) is 21.8. The van der Waals surface area contributed by atoms with Crippen molar-refractivity contribution in [3.8, 4) is 5.75 Å². The molecule has 5 unspecified atom stereocenters. The number of aryl methyl sites for hydroxylation is 1. The van der Waals surface area contributed by atoms with Crippen molar-refractivity contribution in [3.05, 3.63) is 29.8 Å². The Morgan fingerprint density at radius 1 is 0.931 bits per heavy atom. The van der Waals surface area contributed by atoms with Gasteiger partial charge in [-0.3, -0.25) is 0 Å². The third-order valence-electron chi connectivity index (χ3n) is 4.59. The van der Waals surface area contributed by atoms with Gasteiger partial charge in [0.1, 0.15) is 30.2 Å². The first kappa shape index (κ1) is 26.7. The van der Waals surface area contributed by atoms with Crippen molar-refractivity contribution >= 4 is 34.8 Å². The summed E-state index contributed by atoms with van der Waals surface area (Å²) in [4.78, 5) is 0. The van der Waals surface area contributed by atoms with Gasteiger partial charge in [0.15, 0.2) is 4.30 Å². The number of halogens is 3. The highest BCUT2D eigenvalue weighted by molar-refractivity contribution is 6.63. The Hall–Kier alpha value is -0.310. The molecular weight excluding hydrogens is 443 g/mol. The highest BCUT2D eigenvalue weighted by Crippen LogP contribution is 2.24. The number of benzene rings is 1. The molecule has 0 saturated carbocycles. The van der Waals surface area contributed by atoms with E-state index in [0.29, 0.717) is 5.75 Å². The standard InChI is InChI=1S/C19H30O6.CHCl3/c1-2-3-4-5-6-7-13-8-10-14(11-9-13)24-19-18(23)17(22)16(21)15(12-20)25-19;2-1(3)4/h8-11,15-23H,2-7,12H2,1H3;1H. The smallest absolute Gasteiger partial charge is 0.229 e. The van der Waals surface area contributed by atoms with Crippen molar-refractivity contribution in [2.24, 2.45) is 0 Å². The fraction of sp³-hybridized carbons (Fsp3) is 0.700. The SMILES string of the molecule is CCCCCCCc1ccc(OC2OC(CO)C(O)C(O)C2O)cc1.ClC(Cl)Cl. The van der Waals surface area contributed by atoms with Crippen LogP contribution in [0.4, 0.5) is 0 Å². The molecule has 0 aromatic heterocycles. The number of aliphatic hydroxyl groups is 4. The van der Waals surface area contributed by atoms with Crippen molar-refractivity contribution in [2.45, 2.75) is 80.5 Å². The van der Waals surface area contributed by atoms with Crippen molar-refractivity contribution < 1.29 is 29.9 Å². The number of alkyl halides is 3. The van der Waals surface area contributed by atoms with E-state index in [-0.39, 0.29) is 0 Å². The molecule has 4 N–H and O–H groups in total. The van der Waals surface area contributed by atoms with Crippen LogP contribution in [0.25, 0.3) is 0 Å². The van der Waals surface area contributed by atoms with Crippen molar-refractivity contribution in [2.75, 3.05) is 6.61 Å². The van der Waals surface area contributed by atoms with Gasteiger partial charge in [-0.25, -0.2) is 0 Å². The van der Waals surface area contributed by atoms with Crippen LogP contribution in [-0.4, -0.2) is 62.0 Å². The van der Waals surface area contributed by atoms with Gasteiger partial charge in [-0.1, -0.05) is 79.5 Å². The van der Waals surface area contributed by atoms with Crippen molar-refractivity contribution in [3.63, 3.8) is 0 Å². The summed E-state index contributed by atoms with van der Waals surface area (Å²) < 4.78 is 10.2. The van der Waals surface area contributed by atoms with Crippen LogP contribution in [0.5, 0.6) is 5.75 Å². The second kappa shape index (κ2) is 14.7. The number of ether oxygens (including phenoxy) is 2. The summed E-state index contributed by atoms with van der Waals surface area (Å²) in [6, 6.07) is 7.53. The number of aliphatic hydroxyl groups excluding tert-OH is 4. The first-order valence-corrected chi connectivity index (χ1v) is 11.1. The van der Waals surface area contributed by atoms with Crippen LogP contribution in [0.1, 0.15) is 44.6 Å². The van der Waals surface area contributed by atoms with E-state index in [0.717, 1.165) is 12.8 Å². The molecule has 1 aromatic carbocycles. The molecule has 0 radical (unpaired) electrons. The molecule has 1 heterocycles. The Labute approximate surface area is 187 Å². The van der Waals surface area contributed by atoms with E-state index in [1.54, 1.807) is 12.1 Å². The highest BCUT2D eigenvalue weighted by atomic mass is 35.6. The average molecular weight is 474 g/mol. The number of hydrogen-bond acceptors (Lipinski definition) is 6. The molecule has 5 atom stereocenters. The van der Waals surface area contributed by atoms with Crippen molar-refractivity contribution in [1.29, 1.82) is 0 Å². The Morgan fingerprint density at radius 3 is 2.07 bits per heavy atom. The quantitative estimate of drug-likeness (QED) is 0.324. The Morgan fingerprint density at radius 2 is 1.52 bits per heavy atom. The van der Waals surface area contributed by atoms with E-state index in [9.17, 15) is 20.4 Å². The summed E-state index contributed by atoms with van der Waals surface area (Å²) in [5, 5.41) is 38.7. The zero-order valence-electron chi connectivity index (χ0n) is 16.5. The topological polar surface area (TPSA) is 99.4 Å². The number of hydrogen-bond donors (Lipinski definition) is 4. The van der Waals surface area contributed by atoms with Gasteiger partial charge in [0, 0.05) is 0 Å². The molecule has 9 heteroatoms. The predicted molar refractivity (Wildman–Crippen MR) is 115 cm³/mol. The number of rotatable bonds is 9. The average Bonchev–Trinajstić information content (AvgIpc) is 2.69. The molecule has 1 aliphatic rings. The normalized spacial score (nSPS) is 26.7. The van der Waals surface area contributed by atoms with Crippen LogP contribution in [0, 0.1) is 0 Å². The maximum Gasteiger partial charge on any atom is 0.229 e. The third-order valence-corrected chi connectivity index (χ3v) is 4.59. The summed E-state index contributed by atoms with van der Waals surface area (Å²) >= 11 is 14.4. The molecule has 0 spiro atoms. The molecule has 0 aliphatic carbocycles. The fourth-order valence-electron chi connectivity index (χ4n) is 2.97. The maximum absolute atomic E-state index is 9.98. The first-order valence-electron chi connectivity index (χ1n) is 9.78. The van der Waals surface area contributed by atoms with Gasteiger partial charge < -0.3 is 29.9 Å². The predicted octanol–water partition coefficient (Wildman–Crippen LogP) is 3.36. The van der Waals surface area contributed by atoms with Gasteiger partial charge in [0.05, 0.1) is 6.61 Å². The van der Waals surface area contributed by atoms with Crippen LogP contribution < -0.4 is 4.74 Å². The van der Waals surface area contributed by atoms with Gasteiger partial charge in [0.2, 0.25) is 6.29 Å². The van der Waals surface area contributed by atoms with E-state index >= 15 is 0 Å². The van der Waals surface area contributed by atoms with E-state index < -0.39 is 41.6 Å². The summed E-state index contributed by atoms with van der Waals surface area (Å²) in [6.45, 7) is 1.73. The van der Waals surface area contributed by atoms with Crippen LogP contribution in [0.3, 0.4) is 0 Å². The lowest BCUT2D eigenvalue weighted by Crippen LogP contribution is -2.60. The minimum Gasteiger partial charge on any atom is -0.462 e. The molecule has 1 fully saturated rings. The molecule has 0 bridgehead atoms. The minimum absolute atomic E-state index is 0.470. The second-order valence-electron chi connectivity index (χ2n) is 6.87. The second-order valence-corrected chi connectivity index (χ2v) is 8.85. The van der Waals surface area contributed by atoms with Crippen LogP contribution in [-0.2, 0) is 11.2 Å². The molecule has 0 amide bonds. The van der Waals surface area contributed by atoms with Crippen LogP contribution in [0.15, 0.2) is 24.3 Å². The third kappa shape index (κ3) is 10.0. The van der Waals surface area contributed by atoms with Gasteiger partial charge in [0.25, 0.3) is 0 Å². The van der Waals surface area contributed by atoms with E-state index in [2.05, 4.69) is 6.92 Å². The molecular formula is C20H31Cl3O6. The summed E-state index contributed by atoms with van der Waals surface area (Å²) in [7, 11) is 0. The zero-order valence-corrected chi connectivity index (χ0v) is 18.7. The lowest BCUT2D eigenvalue weighted by Gasteiger charge is -2.39. The molecule has 6 nitrogen and oxygen atoms in total. The molecule has 1 saturated heterocycles. The maximum atomic E-state index is 9.98. The summed E-state index contributed by atoms with van der Waals surface area (Å²) in [6.07, 6.45) is 0.893. The fourth-order valence-corrected chi connectivity index (χ4v) is 2.97. The van der Waals surface area contributed by atoms with E-state index in [1.807, 2.05) is 12.1 Å². The Kier molecular flexibility index (Phi) is 13.5. The van der Waals surface area contributed by atoms with Gasteiger partial charge in [-0.05, 0) is 30.5 Å². The first-order chi connectivity index (χ1) is 13.8. The lowest BCUT2D eigenvalue weighted by atomic mass is 9.99. The summed E-state index contributed by atoms with van der Waals surface area (Å²) in [5.74, 6) is 0.499. The van der Waals surface area contributed by atoms with Gasteiger partial charge in [-0.2, -0.15) is 0 Å². The van der Waals surface area contributed by atoms with E-state index in [4.69, 9.17) is 44.3 Å². The highest BCUT2D eigenvalue weighted by Gasteiger charge is 2.44. The molecule has 1 aliphatic heterocycles. The molecule has 168 valence electrons. The van der Waals surface area contributed by atoms with Crippen molar-refractivity contribution in [1.82, 2.24) is 0 Å². The molecule has 1 aromatic rings. The van der Waals surface area contributed by atoms with E-state index in [1.165, 1.54) is 31.2 Å². The largest absolute Gasteiger partial charge is 0.462 e. The lowest BCUT2D eigenvalue weighted by molar-refractivity contribution is -0.277. The van der Waals surface area contributed by atoms with Gasteiger partial charge >= 0.3 is 0 Å². The Balaban J connectivity index is 0.000000960. The molecule has 2 rings (SSSR count). The molecule has 29 heavy (non-hydrogen) atoms. The van der Waals surface area contributed by atoms with Crippen LogP contribution >= 0.6 is 34.8 Å². The minimum atomic E-state index is -1.43.